The van der Waals surface area contributed by atoms with Gasteiger partial charge in [0.2, 0.25) is 0 Å². The summed E-state index contributed by atoms with van der Waals surface area (Å²) in [4.78, 5) is 42.1. The molecule has 0 radical (unpaired) electrons. The van der Waals surface area contributed by atoms with Crippen LogP contribution < -0.4 is 0 Å². The summed E-state index contributed by atoms with van der Waals surface area (Å²) in [7, 11) is 0. The summed E-state index contributed by atoms with van der Waals surface area (Å²) in [5.41, 5.74) is 1.56. The van der Waals surface area contributed by atoms with E-state index in [0.29, 0.717) is 28.8 Å². The summed E-state index contributed by atoms with van der Waals surface area (Å²) in [5, 5.41) is 0. The Balaban J connectivity index is 1.64. The van der Waals surface area contributed by atoms with E-state index >= 15 is 0 Å². The van der Waals surface area contributed by atoms with Crippen LogP contribution in [0.5, 0.6) is 0 Å². The smallest absolute Gasteiger partial charge is 0.355 e. The molecule has 0 unspecified atom stereocenters. The second kappa shape index (κ2) is 8.80. The number of ether oxygens (including phenoxy) is 2. The fourth-order valence-electron chi connectivity index (χ4n) is 4.68. The van der Waals surface area contributed by atoms with Gasteiger partial charge in [-0.05, 0) is 57.9 Å². The minimum absolute atomic E-state index is 0.124. The molecule has 0 aromatic carbocycles. The van der Waals surface area contributed by atoms with E-state index in [-0.39, 0.29) is 24.8 Å². The Bertz CT molecular complexity index is 752. The van der Waals surface area contributed by atoms with Crippen molar-refractivity contribution in [2.24, 2.45) is 5.92 Å². The van der Waals surface area contributed by atoms with Gasteiger partial charge in [0.25, 0.3) is 5.91 Å². The first-order valence-corrected chi connectivity index (χ1v) is 10.3. The van der Waals surface area contributed by atoms with E-state index in [1.54, 1.807) is 20.8 Å². The number of likely N-dealkylation sites (tertiary alicyclic amines) is 1. The topological polar surface area (TPSA) is 88.7 Å². The van der Waals surface area contributed by atoms with Crippen LogP contribution >= 0.6 is 0 Å². The van der Waals surface area contributed by atoms with Gasteiger partial charge in [0, 0.05) is 18.3 Å². The number of nitrogens with one attached hydrogen (secondary N) is 1. The van der Waals surface area contributed by atoms with Crippen LogP contribution in [0.4, 0.5) is 0 Å². The number of carbonyl (C=O) groups excluding carboxylic acids is 3. The van der Waals surface area contributed by atoms with Gasteiger partial charge in [-0.15, -0.1) is 0 Å². The third-order valence-corrected chi connectivity index (χ3v) is 6.01. The maximum atomic E-state index is 12.7. The van der Waals surface area contributed by atoms with Gasteiger partial charge in [-0.2, -0.15) is 0 Å². The standard InChI is InChI=1S/C21H30N2O5/c1-4-27-21(26)19-13(2)18(14(3)22-19)20(25)28-12-17(24)23-11-7-9-15-8-5-6-10-16(15)23/h15-16,22H,4-12H2,1-3H3/t15-,16+/m0/s1. The van der Waals surface area contributed by atoms with Gasteiger partial charge in [0.05, 0.1) is 12.2 Å². The van der Waals surface area contributed by atoms with Gasteiger partial charge in [0.1, 0.15) is 5.69 Å². The van der Waals surface area contributed by atoms with Gasteiger partial charge in [-0.25, -0.2) is 9.59 Å². The van der Waals surface area contributed by atoms with Crippen LogP contribution in [0.3, 0.4) is 0 Å². The van der Waals surface area contributed by atoms with Gasteiger partial charge < -0.3 is 19.4 Å². The SMILES string of the molecule is CCOC(=O)c1[nH]c(C)c(C(=O)OCC(=O)N2CCC[C@@H]3CCCC[C@H]32)c1C. The fourth-order valence-corrected chi connectivity index (χ4v) is 4.68. The summed E-state index contributed by atoms with van der Waals surface area (Å²) in [6.45, 7) is 5.83. The number of aromatic nitrogens is 1. The molecule has 7 heteroatoms. The molecule has 2 heterocycles. The first-order valence-electron chi connectivity index (χ1n) is 10.3. The number of aryl methyl sites for hydroxylation is 1. The van der Waals surface area contributed by atoms with E-state index in [0.717, 1.165) is 25.8 Å². The summed E-state index contributed by atoms with van der Waals surface area (Å²) in [5.74, 6) is -0.632. The van der Waals surface area contributed by atoms with Crippen molar-refractivity contribution < 1.29 is 23.9 Å². The van der Waals surface area contributed by atoms with E-state index in [4.69, 9.17) is 9.47 Å². The minimum Gasteiger partial charge on any atom is -0.461 e. The van der Waals surface area contributed by atoms with Crippen LogP contribution in [0.1, 0.15) is 77.6 Å². The molecular weight excluding hydrogens is 360 g/mol. The van der Waals surface area contributed by atoms with Gasteiger partial charge in [-0.1, -0.05) is 12.8 Å². The molecular formula is C21H30N2O5. The lowest BCUT2D eigenvalue weighted by atomic mass is 9.78. The van der Waals surface area contributed by atoms with Crippen LogP contribution in [0.25, 0.3) is 0 Å². The number of rotatable bonds is 5. The predicted octanol–water partition coefficient (Wildman–Crippen LogP) is 3.15. The van der Waals surface area contributed by atoms with E-state index in [1.807, 2.05) is 4.90 Å². The van der Waals surface area contributed by atoms with Crippen LogP contribution in [0.2, 0.25) is 0 Å². The number of aromatic amines is 1. The molecule has 2 fully saturated rings. The van der Waals surface area contributed by atoms with Crippen molar-refractivity contribution in [3.63, 3.8) is 0 Å². The van der Waals surface area contributed by atoms with Crippen LogP contribution in [0.15, 0.2) is 0 Å². The maximum absolute atomic E-state index is 12.7. The average Bonchev–Trinajstić information content (AvgIpc) is 3.00. The number of piperidine rings is 1. The highest BCUT2D eigenvalue weighted by Gasteiger charge is 2.36. The quantitative estimate of drug-likeness (QED) is 0.780. The zero-order valence-corrected chi connectivity index (χ0v) is 17.0. The van der Waals surface area contributed by atoms with E-state index in [9.17, 15) is 14.4 Å². The summed E-state index contributed by atoms with van der Waals surface area (Å²) < 4.78 is 10.3. The van der Waals surface area contributed by atoms with Gasteiger partial charge in [0.15, 0.2) is 6.61 Å². The summed E-state index contributed by atoms with van der Waals surface area (Å²) in [6, 6.07) is 0.292. The molecule has 1 saturated heterocycles. The number of nitrogens with zero attached hydrogens (tertiary/aromatic N) is 1. The highest BCUT2D eigenvalue weighted by atomic mass is 16.5. The molecule has 1 aliphatic heterocycles. The molecule has 1 aliphatic carbocycles. The Morgan fingerprint density at radius 1 is 1.04 bits per heavy atom. The monoisotopic (exact) mass is 390 g/mol. The van der Waals surface area contributed by atoms with Crippen molar-refractivity contribution in [1.29, 1.82) is 0 Å². The molecule has 154 valence electrons. The number of esters is 2. The number of hydrogen-bond acceptors (Lipinski definition) is 5. The largest absolute Gasteiger partial charge is 0.461 e. The summed E-state index contributed by atoms with van der Waals surface area (Å²) in [6.07, 6.45) is 6.83. The number of hydrogen-bond donors (Lipinski definition) is 1. The fraction of sp³-hybridized carbons (Fsp3) is 0.667. The zero-order chi connectivity index (χ0) is 20.3. The molecule has 0 spiro atoms. The zero-order valence-electron chi connectivity index (χ0n) is 17.0. The van der Waals surface area contributed by atoms with E-state index in [1.165, 1.54) is 19.3 Å². The van der Waals surface area contributed by atoms with E-state index < -0.39 is 11.9 Å². The van der Waals surface area contributed by atoms with Gasteiger partial charge in [-0.3, -0.25) is 4.79 Å². The van der Waals surface area contributed by atoms with Crippen molar-refractivity contribution in [3.8, 4) is 0 Å². The Labute approximate surface area is 165 Å². The molecule has 3 rings (SSSR count). The first kappa shape index (κ1) is 20.4. The number of carbonyl (C=O) groups is 3. The summed E-state index contributed by atoms with van der Waals surface area (Å²) >= 11 is 0. The van der Waals surface area contributed by atoms with Crippen molar-refractivity contribution in [3.05, 3.63) is 22.5 Å². The van der Waals surface area contributed by atoms with Crippen LogP contribution in [-0.4, -0.2) is 53.5 Å². The lowest BCUT2D eigenvalue weighted by molar-refractivity contribution is -0.140. The van der Waals surface area contributed by atoms with Gasteiger partial charge >= 0.3 is 11.9 Å². The lowest BCUT2D eigenvalue weighted by Crippen LogP contribution is -2.50. The molecule has 1 saturated carbocycles. The third kappa shape index (κ3) is 4.08. The van der Waals surface area contributed by atoms with Crippen molar-refractivity contribution >= 4 is 17.8 Å². The Kier molecular flexibility index (Phi) is 6.42. The molecule has 1 aromatic heterocycles. The molecule has 1 aromatic rings. The van der Waals surface area contributed by atoms with E-state index in [2.05, 4.69) is 4.98 Å². The minimum atomic E-state index is -0.590. The lowest BCUT2D eigenvalue weighted by Gasteiger charge is -2.44. The van der Waals surface area contributed by atoms with Crippen LogP contribution in [-0.2, 0) is 14.3 Å². The highest BCUT2D eigenvalue weighted by molar-refractivity contribution is 5.99. The molecule has 0 bridgehead atoms. The third-order valence-electron chi connectivity index (χ3n) is 6.01. The molecule has 28 heavy (non-hydrogen) atoms. The average molecular weight is 390 g/mol. The van der Waals surface area contributed by atoms with Crippen molar-refractivity contribution in [2.45, 2.75) is 65.3 Å². The maximum Gasteiger partial charge on any atom is 0.355 e. The number of H-pyrrole nitrogens is 1. The Morgan fingerprint density at radius 3 is 2.50 bits per heavy atom. The normalized spacial score (nSPS) is 21.8. The molecule has 2 aliphatic rings. The number of amides is 1. The Hall–Kier alpha value is -2.31. The molecule has 1 amide bonds. The first-order chi connectivity index (χ1) is 13.4. The van der Waals surface area contributed by atoms with Crippen molar-refractivity contribution in [2.75, 3.05) is 19.8 Å². The highest BCUT2D eigenvalue weighted by Crippen LogP contribution is 2.35. The second-order valence-electron chi connectivity index (χ2n) is 7.76. The second-order valence-corrected chi connectivity index (χ2v) is 7.76. The molecule has 7 nitrogen and oxygen atoms in total. The van der Waals surface area contributed by atoms with Crippen molar-refractivity contribution in [1.82, 2.24) is 9.88 Å². The number of fused-ring (bicyclic) bond motifs is 1. The molecule has 2 atom stereocenters. The molecule has 1 N–H and O–H groups in total. The van der Waals surface area contributed by atoms with Crippen LogP contribution in [0, 0.1) is 19.8 Å². The predicted molar refractivity (Wildman–Crippen MR) is 103 cm³/mol. The Morgan fingerprint density at radius 2 is 1.75 bits per heavy atom.